The molecule has 0 radical (unpaired) electrons. The Hall–Kier alpha value is -2.32. The highest BCUT2D eigenvalue weighted by atomic mass is 32.2. The van der Waals surface area contributed by atoms with E-state index in [1.807, 2.05) is 24.0 Å². The van der Waals surface area contributed by atoms with Crippen LogP contribution in [0.2, 0.25) is 0 Å². The molecular weight excluding hydrogens is 338 g/mol. The van der Waals surface area contributed by atoms with Gasteiger partial charge in [0.2, 0.25) is 0 Å². The number of hydrogen-bond donors (Lipinski definition) is 0. The summed E-state index contributed by atoms with van der Waals surface area (Å²) >= 11 is 0. The minimum absolute atomic E-state index is 0.392. The first-order valence-electron chi connectivity index (χ1n) is 7.84. The number of nitrogens with zero attached hydrogens (tertiary/aromatic N) is 5. The molecule has 0 atom stereocenters. The average Bonchev–Trinajstić information content (AvgIpc) is 2.53. The first-order valence-corrected chi connectivity index (χ1v) is 10.2. The van der Waals surface area contributed by atoms with Crippen LogP contribution in [-0.4, -0.2) is 51.4 Å². The number of morpholine rings is 1. The summed E-state index contributed by atoms with van der Waals surface area (Å²) in [7, 11) is -2.34. The van der Waals surface area contributed by atoms with Gasteiger partial charge in [-0.3, -0.25) is 4.98 Å². The third-order valence-corrected chi connectivity index (χ3v) is 4.18. The van der Waals surface area contributed by atoms with E-state index in [1.165, 1.54) is 0 Å². The van der Waals surface area contributed by atoms with Crippen molar-refractivity contribution in [3.05, 3.63) is 42.4 Å². The zero-order valence-electron chi connectivity index (χ0n) is 14.6. The molecule has 0 N–H and O–H groups in total. The number of anilines is 1. The average molecular weight is 359 g/mol. The second-order valence-electron chi connectivity index (χ2n) is 6.14. The molecule has 25 heavy (non-hydrogen) atoms. The largest absolute Gasteiger partial charge is 0.373 e. The zero-order chi connectivity index (χ0) is 18.0. The Kier molecular flexibility index (Phi) is 4.82. The van der Waals surface area contributed by atoms with Gasteiger partial charge < -0.3 is 9.64 Å². The van der Waals surface area contributed by atoms with E-state index in [-0.39, 0.29) is 0 Å². The highest BCUT2D eigenvalue weighted by Crippen LogP contribution is 2.27. The predicted molar refractivity (Wildman–Crippen MR) is 99.4 cm³/mol. The highest BCUT2D eigenvalue weighted by Gasteiger charge is 2.19. The molecule has 2 aromatic heterocycles. The van der Waals surface area contributed by atoms with Crippen molar-refractivity contribution < 1.29 is 8.95 Å². The standard InChI is InChI=1S/C17H21N5O2S/c1-12-9-14(5-6-18-12)17-19-15(21-25(3,4)23)10-16(20-17)22-7-8-24-11-13(22)2/h5-6,9-10H,2,7-8,11H2,1,3-4H3. The van der Waals surface area contributed by atoms with E-state index in [4.69, 9.17) is 4.74 Å². The highest BCUT2D eigenvalue weighted by molar-refractivity contribution is 7.92. The summed E-state index contributed by atoms with van der Waals surface area (Å²) in [5.74, 6) is 1.59. The summed E-state index contributed by atoms with van der Waals surface area (Å²) < 4.78 is 21.8. The number of hydrogen-bond acceptors (Lipinski definition) is 7. The van der Waals surface area contributed by atoms with Crippen LogP contribution in [0.25, 0.3) is 11.4 Å². The molecule has 7 nitrogen and oxygen atoms in total. The van der Waals surface area contributed by atoms with Gasteiger partial charge in [-0.15, -0.1) is 0 Å². The van der Waals surface area contributed by atoms with Crippen molar-refractivity contribution >= 4 is 21.4 Å². The van der Waals surface area contributed by atoms with Crippen LogP contribution in [0.4, 0.5) is 11.6 Å². The van der Waals surface area contributed by atoms with E-state index in [1.54, 1.807) is 24.8 Å². The lowest BCUT2D eigenvalue weighted by atomic mass is 10.2. The number of aryl methyl sites for hydroxylation is 1. The maximum absolute atomic E-state index is 12.1. The quantitative estimate of drug-likeness (QED) is 0.838. The Morgan fingerprint density at radius 2 is 2.12 bits per heavy atom. The maximum Gasteiger partial charge on any atom is 0.167 e. The lowest BCUT2D eigenvalue weighted by Gasteiger charge is -2.30. The third-order valence-electron chi connectivity index (χ3n) is 3.55. The first kappa shape index (κ1) is 17.5. The van der Waals surface area contributed by atoms with Crippen LogP contribution >= 0.6 is 0 Å². The summed E-state index contributed by atoms with van der Waals surface area (Å²) in [5, 5.41) is 0. The molecule has 1 fully saturated rings. The van der Waals surface area contributed by atoms with Gasteiger partial charge in [-0.2, -0.15) is 4.36 Å². The molecule has 3 heterocycles. The number of pyridine rings is 1. The smallest absolute Gasteiger partial charge is 0.167 e. The minimum atomic E-state index is -2.34. The molecule has 132 valence electrons. The van der Waals surface area contributed by atoms with Gasteiger partial charge in [0.25, 0.3) is 0 Å². The molecule has 0 saturated carbocycles. The zero-order valence-corrected chi connectivity index (χ0v) is 15.4. The lowest BCUT2D eigenvalue weighted by Crippen LogP contribution is -2.34. The van der Waals surface area contributed by atoms with Gasteiger partial charge in [0.1, 0.15) is 5.82 Å². The summed E-state index contributed by atoms with van der Waals surface area (Å²) in [6.45, 7) is 7.65. The molecule has 0 bridgehead atoms. The van der Waals surface area contributed by atoms with Crippen molar-refractivity contribution in [3.63, 3.8) is 0 Å². The van der Waals surface area contributed by atoms with E-state index >= 15 is 0 Å². The molecule has 3 rings (SSSR count). The molecule has 8 heteroatoms. The Morgan fingerprint density at radius 3 is 2.80 bits per heavy atom. The van der Waals surface area contributed by atoms with E-state index in [0.29, 0.717) is 37.2 Å². The van der Waals surface area contributed by atoms with Crippen molar-refractivity contribution in [2.45, 2.75) is 6.92 Å². The van der Waals surface area contributed by atoms with Crippen LogP contribution in [0.15, 0.2) is 41.0 Å². The molecule has 1 saturated heterocycles. The molecule has 1 aliphatic heterocycles. The van der Waals surface area contributed by atoms with Gasteiger partial charge in [0, 0.05) is 58.0 Å². The van der Waals surface area contributed by atoms with Gasteiger partial charge in [-0.1, -0.05) is 6.58 Å². The molecule has 0 aliphatic carbocycles. The van der Waals surface area contributed by atoms with Crippen molar-refractivity contribution in [1.82, 2.24) is 15.0 Å². The van der Waals surface area contributed by atoms with Crippen LogP contribution in [0.1, 0.15) is 5.69 Å². The normalized spacial score (nSPS) is 15.3. The Morgan fingerprint density at radius 1 is 1.32 bits per heavy atom. The maximum atomic E-state index is 12.1. The summed E-state index contributed by atoms with van der Waals surface area (Å²) in [4.78, 5) is 15.3. The van der Waals surface area contributed by atoms with E-state index < -0.39 is 9.73 Å². The van der Waals surface area contributed by atoms with Crippen LogP contribution in [0, 0.1) is 6.92 Å². The molecule has 0 aromatic carbocycles. The first-order chi connectivity index (χ1) is 11.8. The fraction of sp³-hybridized carbons (Fsp3) is 0.353. The number of aromatic nitrogens is 3. The van der Waals surface area contributed by atoms with E-state index in [2.05, 4.69) is 25.9 Å². The Balaban J connectivity index is 2.15. The van der Waals surface area contributed by atoms with E-state index in [0.717, 1.165) is 17.0 Å². The number of rotatable bonds is 3. The van der Waals surface area contributed by atoms with Gasteiger partial charge in [-0.25, -0.2) is 14.2 Å². The van der Waals surface area contributed by atoms with Crippen molar-refractivity contribution in [3.8, 4) is 11.4 Å². The Bertz CT molecular complexity index is 926. The van der Waals surface area contributed by atoms with E-state index in [9.17, 15) is 4.21 Å². The second-order valence-corrected chi connectivity index (χ2v) is 8.68. The SMILES string of the molecule is C=C1COCCN1c1cc(N=S(C)(C)=O)nc(-c2ccnc(C)c2)n1. The second kappa shape index (κ2) is 6.89. The number of ether oxygens (including phenoxy) is 1. The predicted octanol–water partition coefficient (Wildman–Crippen LogP) is 2.56. The fourth-order valence-corrected chi connectivity index (χ4v) is 3.05. The van der Waals surface area contributed by atoms with Crippen molar-refractivity contribution in [2.24, 2.45) is 4.36 Å². The van der Waals surface area contributed by atoms with Crippen LogP contribution < -0.4 is 4.90 Å². The molecular formula is C17H21N5O2S. The van der Waals surface area contributed by atoms with Crippen molar-refractivity contribution in [2.75, 3.05) is 37.2 Å². The molecule has 2 aromatic rings. The summed E-state index contributed by atoms with van der Waals surface area (Å²) in [6.07, 6.45) is 4.88. The molecule has 0 spiro atoms. The topological polar surface area (TPSA) is 80.6 Å². The van der Waals surface area contributed by atoms with Gasteiger partial charge in [-0.05, 0) is 19.1 Å². The van der Waals surface area contributed by atoms with Gasteiger partial charge >= 0.3 is 0 Å². The van der Waals surface area contributed by atoms with Crippen LogP contribution in [0.3, 0.4) is 0 Å². The molecule has 0 amide bonds. The Labute approximate surface area is 148 Å². The van der Waals surface area contributed by atoms with Gasteiger partial charge in [0.05, 0.1) is 13.2 Å². The van der Waals surface area contributed by atoms with Crippen LogP contribution in [-0.2, 0) is 14.5 Å². The van der Waals surface area contributed by atoms with Gasteiger partial charge in [0.15, 0.2) is 11.6 Å². The van der Waals surface area contributed by atoms with Crippen molar-refractivity contribution in [1.29, 1.82) is 0 Å². The molecule has 0 unspecified atom stereocenters. The third kappa shape index (κ3) is 4.40. The minimum Gasteiger partial charge on any atom is -0.373 e. The summed E-state index contributed by atoms with van der Waals surface area (Å²) in [5.41, 5.74) is 2.53. The fourth-order valence-electron chi connectivity index (χ4n) is 2.50. The van der Waals surface area contributed by atoms with Crippen LogP contribution in [0.5, 0.6) is 0 Å². The monoisotopic (exact) mass is 359 g/mol. The lowest BCUT2D eigenvalue weighted by molar-refractivity contribution is 0.143. The summed E-state index contributed by atoms with van der Waals surface area (Å²) in [6, 6.07) is 5.49. The molecule has 1 aliphatic rings.